The number of halogens is 2. The second-order valence-corrected chi connectivity index (χ2v) is 4.50. The van der Waals surface area contributed by atoms with Crippen LogP contribution in [-0.2, 0) is 6.42 Å². The first-order valence-corrected chi connectivity index (χ1v) is 6.21. The number of hydrogen-bond donors (Lipinski definition) is 0. The van der Waals surface area contributed by atoms with Gasteiger partial charge in [-0.15, -0.1) is 11.3 Å². The number of hydrogen-bond acceptors (Lipinski definition) is 1. The van der Waals surface area contributed by atoms with E-state index in [1.165, 1.54) is 30.6 Å². The number of rotatable bonds is 6. The Morgan fingerprint density at radius 1 is 1.33 bits per heavy atom. The average Bonchev–Trinajstić information content (AvgIpc) is 2.59. The van der Waals surface area contributed by atoms with E-state index in [0.29, 0.717) is 4.88 Å². The number of aryl methyl sites for hydroxylation is 1. The van der Waals surface area contributed by atoms with Gasteiger partial charge < -0.3 is 0 Å². The van der Waals surface area contributed by atoms with Gasteiger partial charge in [0.25, 0.3) is 6.08 Å². The zero-order valence-corrected chi connectivity index (χ0v) is 9.75. The van der Waals surface area contributed by atoms with E-state index in [4.69, 9.17) is 0 Å². The van der Waals surface area contributed by atoms with Crippen molar-refractivity contribution in [2.45, 2.75) is 39.0 Å². The molecule has 0 saturated carbocycles. The van der Waals surface area contributed by atoms with Gasteiger partial charge in [0.2, 0.25) is 0 Å². The SMILES string of the molecule is CCCCCCc1ccsc1C=C(F)F. The van der Waals surface area contributed by atoms with Crippen LogP contribution in [0, 0.1) is 0 Å². The highest BCUT2D eigenvalue weighted by Crippen LogP contribution is 2.23. The van der Waals surface area contributed by atoms with Crippen molar-refractivity contribution in [3.63, 3.8) is 0 Å². The molecule has 1 aromatic rings. The van der Waals surface area contributed by atoms with Gasteiger partial charge in [-0.1, -0.05) is 26.2 Å². The molecule has 0 aliphatic rings. The van der Waals surface area contributed by atoms with Crippen LogP contribution in [0.2, 0.25) is 0 Å². The summed E-state index contributed by atoms with van der Waals surface area (Å²) in [4.78, 5) is 0.714. The lowest BCUT2D eigenvalue weighted by Gasteiger charge is -1.99. The Bertz CT molecular complexity index is 311. The average molecular weight is 230 g/mol. The second-order valence-electron chi connectivity index (χ2n) is 3.55. The summed E-state index contributed by atoms with van der Waals surface area (Å²) < 4.78 is 24.2. The van der Waals surface area contributed by atoms with Crippen molar-refractivity contribution in [1.82, 2.24) is 0 Å². The van der Waals surface area contributed by atoms with Crippen molar-refractivity contribution in [2.75, 3.05) is 0 Å². The van der Waals surface area contributed by atoms with Crippen LogP contribution in [0.4, 0.5) is 8.78 Å². The lowest BCUT2D eigenvalue weighted by Crippen LogP contribution is -1.85. The summed E-state index contributed by atoms with van der Waals surface area (Å²) in [5.41, 5.74) is 1.06. The molecular weight excluding hydrogens is 214 g/mol. The van der Waals surface area contributed by atoms with E-state index >= 15 is 0 Å². The van der Waals surface area contributed by atoms with Gasteiger partial charge in [0.1, 0.15) is 0 Å². The predicted molar refractivity (Wildman–Crippen MR) is 62.4 cm³/mol. The molecule has 84 valence electrons. The Labute approximate surface area is 93.6 Å². The molecule has 0 aliphatic heterocycles. The summed E-state index contributed by atoms with van der Waals surface area (Å²) >= 11 is 1.39. The molecule has 0 atom stereocenters. The maximum absolute atomic E-state index is 12.1. The van der Waals surface area contributed by atoms with Crippen LogP contribution in [-0.4, -0.2) is 0 Å². The molecule has 0 fully saturated rings. The van der Waals surface area contributed by atoms with Gasteiger partial charge in [-0.2, -0.15) is 8.78 Å². The molecule has 0 aromatic carbocycles. The van der Waals surface area contributed by atoms with Gasteiger partial charge in [-0.25, -0.2) is 0 Å². The van der Waals surface area contributed by atoms with Crippen LogP contribution >= 0.6 is 11.3 Å². The molecule has 3 heteroatoms. The molecule has 1 rings (SSSR count). The molecule has 0 bridgehead atoms. The van der Waals surface area contributed by atoms with E-state index in [2.05, 4.69) is 6.92 Å². The third-order valence-electron chi connectivity index (χ3n) is 2.32. The third kappa shape index (κ3) is 4.56. The monoisotopic (exact) mass is 230 g/mol. The van der Waals surface area contributed by atoms with Crippen LogP contribution in [0.15, 0.2) is 17.5 Å². The molecular formula is C12H16F2S. The minimum Gasteiger partial charge on any atom is -0.173 e. The fourth-order valence-corrected chi connectivity index (χ4v) is 2.38. The molecule has 0 radical (unpaired) electrons. The Hall–Kier alpha value is -0.700. The van der Waals surface area contributed by atoms with Crippen LogP contribution in [0.3, 0.4) is 0 Å². The molecule has 0 aliphatic carbocycles. The summed E-state index contributed by atoms with van der Waals surface area (Å²) in [6, 6.07) is 1.95. The fourth-order valence-electron chi connectivity index (χ4n) is 1.52. The summed E-state index contributed by atoms with van der Waals surface area (Å²) in [5.74, 6) is 0. The van der Waals surface area contributed by atoms with Crippen LogP contribution in [0.1, 0.15) is 43.0 Å². The zero-order valence-electron chi connectivity index (χ0n) is 8.93. The summed E-state index contributed by atoms with van der Waals surface area (Å²) in [7, 11) is 0. The Morgan fingerprint density at radius 3 is 2.80 bits per heavy atom. The molecule has 0 unspecified atom stereocenters. The Balaban J connectivity index is 2.47. The van der Waals surface area contributed by atoms with Crippen molar-refractivity contribution in [3.8, 4) is 0 Å². The van der Waals surface area contributed by atoms with E-state index in [0.717, 1.165) is 24.5 Å². The second kappa shape index (κ2) is 6.72. The molecule has 0 saturated heterocycles. The molecule has 0 amide bonds. The normalized spacial score (nSPS) is 10.3. The topological polar surface area (TPSA) is 0 Å². The van der Waals surface area contributed by atoms with Crippen molar-refractivity contribution in [1.29, 1.82) is 0 Å². The first-order valence-electron chi connectivity index (χ1n) is 5.33. The Kier molecular flexibility index (Phi) is 5.54. The highest BCUT2D eigenvalue weighted by Gasteiger charge is 2.03. The highest BCUT2D eigenvalue weighted by atomic mass is 32.1. The van der Waals surface area contributed by atoms with Crippen LogP contribution < -0.4 is 0 Å². The van der Waals surface area contributed by atoms with Gasteiger partial charge in [0, 0.05) is 11.0 Å². The summed E-state index contributed by atoms with van der Waals surface area (Å²) in [5, 5.41) is 1.88. The van der Waals surface area contributed by atoms with Gasteiger partial charge in [-0.3, -0.25) is 0 Å². The van der Waals surface area contributed by atoms with E-state index in [9.17, 15) is 8.78 Å². The Morgan fingerprint density at radius 2 is 2.13 bits per heavy atom. The number of thiophene rings is 1. The highest BCUT2D eigenvalue weighted by molar-refractivity contribution is 7.11. The number of unbranched alkanes of at least 4 members (excludes halogenated alkanes) is 3. The van der Waals surface area contributed by atoms with Crippen LogP contribution in [0.25, 0.3) is 6.08 Å². The third-order valence-corrected chi connectivity index (χ3v) is 3.23. The lowest BCUT2D eigenvalue weighted by atomic mass is 10.1. The van der Waals surface area contributed by atoms with E-state index in [1.54, 1.807) is 0 Å². The van der Waals surface area contributed by atoms with Gasteiger partial charge in [0.05, 0.1) is 0 Å². The van der Waals surface area contributed by atoms with Gasteiger partial charge in [-0.05, 0) is 29.9 Å². The van der Waals surface area contributed by atoms with Gasteiger partial charge in [0.15, 0.2) is 0 Å². The first kappa shape index (κ1) is 12.4. The minimum atomic E-state index is -1.60. The van der Waals surface area contributed by atoms with Gasteiger partial charge >= 0.3 is 0 Å². The summed E-state index contributed by atoms with van der Waals surface area (Å²) in [6.45, 7) is 2.16. The molecule has 0 nitrogen and oxygen atoms in total. The van der Waals surface area contributed by atoms with E-state index < -0.39 is 6.08 Å². The molecule has 1 heterocycles. The smallest absolute Gasteiger partial charge is 0.173 e. The fraction of sp³-hybridized carbons (Fsp3) is 0.500. The largest absolute Gasteiger partial charge is 0.271 e. The zero-order chi connectivity index (χ0) is 11.1. The van der Waals surface area contributed by atoms with Crippen LogP contribution in [0.5, 0.6) is 0 Å². The molecule has 15 heavy (non-hydrogen) atoms. The molecule has 0 spiro atoms. The van der Waals surface area contributed by atoms with Crippen molar-refractivity contribution in [2.24, 2.45) is 0 Å². The first-order chi connectivity index (χ1) is 7.24. The summed E-state index contributed by atoms with van der Waals surface area (Å²) in [6.07, 6.45) is 5.00. The van der Waals surface area contributed by atoms with E-state index in [1.807, 2.05) is 11.4 Å². The molecule has 1 aromatic heterocycles. The minimum absolute atomic E-state index is 0.714. The predicted octanol–water partition coefficient (Wildman–Crippen LogP) is 5.11. The van der Waals surface area contributed by atoms with E-state index in [-0.39, 0.29) is 0 Å². The maximum Gasteiger partial charge on any atom is 0.271 e. The quantitative estimate of drug-likeness (QED) is 0.596. The standard InChI is InChI=1S/C12H16F2S/c1-2-3-4-5-6-10-7-8-15-11(10)9-12(13)14/h7-9H,2-6H2,1H3. The van der Waals surface area contributed by atoms with Crippen molar-refractivity contribution < 1.29 is 8.78 Å². The molecule has 0 N–H and O–H groups in total. The maximum atomic E-state index is 12.1. The van der Waals surface area contributed by atoms with Crippen molar-refractivity contribution in [3.05, 3.63) is 28.0 Å². The lowest BCUT2D eigenvalue weighted by molar-refractivity contribution is 0.429. The van der Waals surface area contributed by atoms with Crippen molar-refractivity contribution >= 4 is 17.4 Å².